The van der Waals surface area contributed by atoms with Crippen molar-refractivity contribution in [1.29, 1.82) is 5.26 Å². The fourth-order valence-electron chi connectivity index (χ4n) is 2.63. The molecule has 1 aliphatic carbocycles. The predicted molar refractivity (Wildman–Crippen MR) is 67.6 cm³/mol. The molecule has 4 nitrogen and oxygen atoms in total. The molecule has 1 fully saturated rings. The Balaban J connectivity index is 2.17. The number of nitrogens with one attached hydrogen (secondary N) is 1. The van der Waals surface area contributed by atoms with E-state index in [0.717, 1.165) is 12.8 Å². The van der Waals surface area contributed by atoms with Gasteiger partial charge in [0.25, 0.3) is 5.91 Å². The van der Waals surface area contributed by atoms with Crippen molar-refractivity contribution in [3.63, 3.8) is 0 Å². The molecular weight excluding hydrogens is 245 g/mol. The molecule has 2 rings (SSSR count). The first-order valence-corrected chi connectivity index (χ1v) is 6.40. The van der Waals surface area contributed by atoms with Gasteiger partial charge < -0.3 is 5.32 Å². The SMILES string of the molecule is C[C@H]1CCC[C@](C#N)(NC(=O)c2cccnc2F)C1. The number of carbonyl (C=O) groups excluding carboxylic acids is 1. The molecular formula is C14H16FN3O. The van der Waals surface area contributed by atoms with Crippen LogP contribution in [0.4, 0.5) is 4.39 Å². The Morgan fingerprint density at radius 1 is 1.68 bits per heavy atom. The molecule has 1 aromatic heterocycles. The molecule has 1 heterocycles. The Hall–Kier alpha value is -1.96. The van der Waals surface area contributed by atoms with Crippen molar-refractivity contribution in [1.82, 2.24) is 10.3 Å². The van der Waals surface area contributed by atoms with Crippen molar-refractivity contribution >= 4 is 5.91 Å². The van der Waals surface area contributed by atoms with E-state index < -0.39 is 17.4 Å². The lowest BCUT2D eigenvalue weighted by Crippen LogP contribution is -2.50. The zero-order valence-electron chi connectivity index (χ0n) is 10.8. The first-order chi connectivity index (χ1) is 9.06. The monoisotopic (exact) mass is 261 g/mol. The predicted octanol–water partition coefficient (Wildman–Crippen LogP) is 2.42. The highest BCUT2D eigenvalue weighted by molar-refractivity contribution is 5.94. The summed E-state index contributed by atoms with van der Waals surface area (Å²) in [6.45, 7) is 2.06. The highest BCUT2D eigenvalue weighted by Crippen LogP contribution is 2.32. The minimum atomic E-state index is -0.878. The fraction of sp³-hybridized carbons (Fsp3) is 0.500. The average Bonchev–Trinajstić information content (AvgIpc) is 2.39. The van der Waals surface area contributed by atoms with Gasteiger partial charge in [-0.25, -0.2) is 4.98 Å². The number of aromatic nitrogens is 1. The van der Waals surface area contributed by atoms with Gasteiger partial charge in [0.05, 0.1) is 11.6 Å². The van der Waals surface area contributed by atoms with Gasteiger partial charge in [0.15, 0.2) is 0 Å². The summed E-state index contributed by atoms with van der Waals surface area (Å²) in [6.07, 6.45) is 4.46. The Bertz CT molecular complexity index is 526. The molecule has 0 aromatic carbocycles. The van der Waals surface area contributed by atoms with E-state index in [4.69, 9.17) is 0 Å². The van der Waals surface area contributed by atoms with Gasteiger partial charge >= 0.3 is 0 Å². The van der Waals surface area contributed by atoms with Crippen LogP contribution in [0.5, 0.6) is 0 Å². The molecule has 1 saturated carbocycles. The van der Waals surface area contributed by atoms with Gasteiger partial charge in [-0.2, -0.15) is 9.65 Å². The van der Waals surface area contributed by atoms with Crippen LogP contribution in [0.2, 0.25) is 0 Å². The van der Waals surface area contributed by atoms with E-state index in [2.05, 4.69) is 23.3 Å². The lowest BCUT2D eigenvalue weighted by atomic mass is 9.77. The number of carbonyl (C=O) groups is 1. The van der Waals surface area contributed by atoms with Crippen molar-refractivity contribution in [2.24, 2.45) is 5.92 Å². The van der Waals surface area contributed by atoms with Crippen LogP contribution in [0.3, 0.4) is 0 Å². The van der Waals surface area contributed by atoms with Crippen LogP contribution in [0.1, 0.15) is 43.0 Å². The number of pyridine rings is 1. The van der Waals surface area contributed by atoms with Crippen molar-refractivity contribution in [3.8, 4) is 6.07 Å². The third-order valence-corrected chi connectivity index (χ3v) is 3.57. The summed E-state index contributed by atoms with van der Waals surface area (Å²) >= 11 is 0. The summed E-state index contributed by atoms with van der Waals surface area (Å²) in [5.41, 5.74) is -0.993. The quantitative estimate of drug-likeness (QED) is 0.831. The van der Waals surface area contributed by atoms with Crippen LogP contribution in [0, 0.1) is 23.2 Å². The van der Waals surface area contributed by atoms with Crippen LogP contribution < -0.4 is 5.32 Å². The summed E-state index contributed by atoms with van der Waals surface area (Å²) in [6, 6.07) is 5.06. The number of hydrogen-bond donors (Lipinski definition) is 1. The maximum Gasteiger partial charge on any atom is 0.257 e. The first kappa shape index (κ1) is 13.5. The highest BCUT2D eigenvalue weighted by Gasteiger charge is 2.37. The van der Waals surface area contributed by atoms with E-state index in [1.807, 2.05) is 0 Å². The first-order valence-electron chi connectivity index (χ1n) is 6.40. The second kappa shape index (κ2) is 5.35. The van der Waals surface area contributed by atoms with Crippen LogP contribution in [-0.2, 0) is 0 Å². The lowest BCUT2D eigenvalue weighted by molar-refractivity contribution is 0.0885. The maximum absolute atomic E-state index is 13.4. The summed E-state index contributed by atoms with van der Waals surface area (Å²) in [5.74, 6) is -0.995. The Kier molecular flexibility index (Phi) is 3.79. The highest BCUT2D eigenvalue weighted by atomic mass is 19.1. The lowest BCUT2D eigenvalue weighted by Gasteiger charge is -2.34. The third-order valence-electron chi connectivity index (χ3n) is 3.57. The summed E-state index contributed by atoms with van der Waals surface area (Å²) in [4.78, 5) is 15.5. The van der Waals surface area contributed by atoms with Crippen LogP contribution in [0.15, 0.2) is 18.3 Å². The molecule has 0 unspecified atom stereocenters. The second-order valence-corrected chi connectivity index (χ2v) is 5.19. The summed E-state index contributed by atoms with van der Waals surface area (Å²) < 4.78 is 13.4. The topological polar surface area (TPSA) is 65.8 Å². The van der Waals surface area contributed by atoms with Crippen molar-refractivity contribution < 1.29 is 9.18 Å². The smallest absolute Gasteiger partial charge is 0.257 e. The van der Waals surface area contributed by atoms with E-state index in [1.54, 1.807) is 0 Å². The van der Waals surface area contributed by atoms with Crippen LogP contribution >= 0.6 is 0 Å². The minimum absolute atomic E-state index is 0.115. The molecule has 100 valence electrons. The van der Waals surface area contributed by atoms with Gasteiger partial charge in [-0.15, -0.1) is 0 Å². The van der Waals surface area contributed by atoms with Gasteiger partial charge in [0, 0.05) is 6.20 Å². The number of halogens is 1. The molecule has 0 bridgehead atoms. The number of amides is 1. The largest absolute Gasteiger partial charge is 0.334 e. The van der Waals surface area contributed by atoms with Crippen molar-refractivity contribution in [2.45, 2.75) is 38.1 Å². The van der Waals surface area contributed by atoms with Gasteiger partial charge in [0.2, 0.25) is 5.95 Å². The van der Waals surface area contributed by atoms with E-state index in [0.29, 0.717) is 18.8 Å². The molecule has 0 saturated heterocycles. The number of nitriles is 1. The van der Waals surface area contributed by atoms with Gasteiger partial charge in [-0.05, 0) is 37.3 Å². The summed E-state index contributed by atoms with van der Waals surface area (Å²) in [5, 5.41) is 12.0. The van der Waals surface area contributed by atoms with Crippen molar-refractivity contribution in [3.05, 3.63) is 29.8 Å². The maximum atomic E-state index is 13.4. The number of nitrogens with zero attached hydrogens (tertiary/aromatic N) is 2. The molecule has 2 atom stereocenters. The molecule has 0 radical (unpaired) electrons. The Morgan fingerprint density at radius 2 is 2.47 bits per heavy atom. The van der Waals surface area contributed by atoms with Gasteiger partial charge in [-0.3, -0.25) is 4.79 Å². The number of hydrogen-bond acceptors (Lipinski definition) is 3. The third kappa shape index (κ3) is 2.90. The second-order valence-electron chi connectivity index (χ2n) is 5.19. The molecule has 0 aliphatic heterocycles. The molecule has 1 aliphatic rings. The van der Waals surface area contributed by atoms with Crippen LogP contribution in [-0.4, -0.2) is 16.4 Å². The van der Waals surface area contributed by atoms with Gasteiger partial charge in [0.1, 0.15) is 5.54 Å². The standard InChI is InChI=1S/C14H16FN3O/c1-10-4-2-6-14(8-10,9-16)18-13(19)11-5-3-7-17-12(11)15/h3,5,7,10H,2,4,6,8H2,1H3,(H,18,19)/t10-,14-/m0/s1. The Labute approximate surface area is 111 Å². The average molecular weight is 261 g/mol. The summed E-state index contributed by atoms with van der Waals surface area (Å²) in [7, 11) is 0. The Morgan fingerprint density at radius 3 is 3.11 bits per heavy atom. The minimum Gasteiger partial charge on any atom is -0.334 e. The normalized spacial score (nSPS) is 26.5. The van der Waals surface area contributed by atoms with E-state index >= 15 is 0 Å². The molecule has 1 aromatic rings. The van der Waals surface area contributed by atoms with E-state index in [1.165, 1.54) is 18.3 Å². The number of rotatable bonds is 2. The molecule has 0 spiro atoms. The van der Waals surface area contributed by atoms with Gasteiger partial charge in [-0.1, -0.05) is 13.3 Å². The van der Waals surface area contributed by atoms with Crippen LogP contribution in [0.25, 0.3) is 0 Å². The molecule has 1 amide bonds. The zero-order chi connectivity index (χ0) is 13.9. The fourth-order valence-corrected chi connectivity index (χ4v) is 2.63. The molecule has 5 heteroatoms. The van der Waals surface area contributed by atoms with Crippen molar-refractivity contribution in [2.75, 3.05) is 0 Å². The molecule has 1 N–H and O–H groups in total. The van der Waals surface area contributed by atoms with E-state index in [9.17, 15) is 14.4 Å². The van der Waals surface area contributed by atoms with E-state index in [-0.39, 0.29) is 5.56 Å². The molecule has 19 heavy (non-hydrogen) atoms. The zero-order valence-corrected chi connectivity index (χ0v) is 10.8.